The van der Waals surface area contributed by atoms with Crippen LogP contribution in [-0.4, -0.2) is 35.6 Å². The molecule has 1 heterocycles. The van der Waals surface area contributed by atoms with Gasteiger partial charge >= 0.3 is 5.97 Å². The number of carboxylic acids is 1. The van der Waals surface area contributed by atoms with E-state index in [0.717, 1.165) is 12.1 Å². The number of aliphatic carboxylic acids is 1. The molecule has 2 rings (SSSR count). The van der Waals surface area contributed by atoms with E-state index in [9.17, 15) is 4.79 Å². The number of rotatable bonds is 4. The highest BCUT2D eigenvalue weighted by Crippen LogP contribution is 2.28. The van der Waals surface area contributed by atoms with Crippen molar-refractivity contribution in [2.45, 2.75) is 12.5 Å². The van der Waals surface area contributed by atoms with Gasteiger partial charge < -0.3 is 10.8 Å². The zero-order chi connectivity index (χ0) is 13.1. The van der Waals surface area contributed by atoms with Crippen molar-refractivity contribution in [2.24, 2.45) is 11.7 Å². The van der Waals surface area contributed by atoms with Crippen LogP contribution in [0, 0.1) is 5.92 Å². The molecule has 1 aromatic rings. The average Bonchev–Trinajstić information content (AvgIpc) is 2.80. The maximum Gasteiger partial charge on any atom is 0.307 e. The topological polar surface area (TPSA) is 66.6 Å². The third-order valence-electron chi connectivity index (χ3n) is 3.47. The number of carboxylic acid groups (broad SMARTS) is 1. The van der Waals surface area contributed by atoms with Gasteiger partial charge in [0.15, 0.2) is 0 Å². The van der Waals surface area contributed by atoms with Gasteiger partial charge in [0.25, 0.3) is 0 Å². The maximum absolute atomic E-state index is 11.0. The molecule has 0 unspecified atom stereocenters. The van der Waals surface area contributed by atoms with Crippen molar-refractivity contribution in [1.29, 1.82) is 0 Å². The van der Waals surface area contributed by atoms with E-state index in [0.29, 0.717) is 24.5 Å². The number of nitrogens with zero attached hydrogens (tertiary/aromatic N) is 1. The van der Waals surface area contributed by atoms with E-state index in [1.54, 1.807) is 0 Å². The van der Waals surface area contributed by atoms with Gasteiger partial charge in [-0.1, -0.05) is 23.7 Å². The summed E-state index contributed by atoms with van der Waals surface area (Å²) in [6.45, 7) is 1.79. The van der Waals surface area contributed by atoms with E-state index < -0.39 is 5.97 Å². The van der Waals surface area contributed by atoms with Crippen LogP contribution in [0.25, 0.3) is 0 Å². The Bertz CT molecular complexity index is 439. The quantitative estimate of drug-likeness (QED) is 0.873. The Kier molecular flexibility index (Phi) is 4.22. The molecule has 1 aromatic carbocycles. The summed E-state index contributed by atoms with van der Waals surface area (Å²) in [4.78, 5) is 13.1. The number of carbonyl (C=O) groups is 1. The molecule has 1 aliphatic heterocycles. The van der Waals surface area contributed by atoms with Crippen molar-refractivity contribution in [3.63, 3.8) is 0 Å². The van der Waals surface area contributed by atoms with Gasteiger partial charge in [-0.2, -0.15) is 0 Å². The molecule has 0 aliphatic carbocycles. The van der Waals surface area contributed by atoms with Crippen LogP contribution in [0.4, 0.5) is 0 Å². The van der Waals surface area contributed by atoms with Crippen LogP contribution in [0.15, 0.2) is 24.3 Å². The van der Waals surface area contributed by atoms with E-state index >= 15 is 0 Å². The third kappa shape index (κ3) is 2.83. The van der Waals surface area contributed by atoms with Gasteiger partial charge in [-0.3, -0.25) is 9.69 Å². The first kappa shape index (κ1) is 13.3. The molecule has 4 nitrogen and oxygen atoms in total. The smallest absolute Gasteiger partial charge is 0.307 e. The molecule has 5 heteroatoms. The van der Waals surface area contributed by atoms with Crippen LogP contribution in [0.1, 0.15) is 18.0 Å². The summed E-state index contributed by atoms with van der Waals surface area (Å²) in [5, 5.41) is 9.70. The SMILES string of the molecule is NC[C@H](c1cccc(Cl)c1)N1CC[C@@H](C(=O)O)C1. The van der Waals surface area contributed by atoms with E-state index in [2.05, 4.69) is 4.90 Å². The van der Waals surface area contributed by atoms with Crippen molar-refractivity contribution in [3.05, 3.63) is 34.9 Å². The molecule has 2 atom stereocenters. The predicted molar refractivity (Wildman–Crippen MR) is 70.6 cm³/mol. The first-order valence-corrected chi connectivity index (χ1v) is 6.42. The Hall–Kier alpha value is -1.10. The summed E-state index contributed by atoms with van der Waals surface area (Å²) in [6, 6.07) is 7.64. The number of benzene rings is 1. The Morgan fingerprint density at radius 1 is 1.61 bits per heavy atom. The van der Waals surface area contributed by atoms with Gasteiger partial charge in [0.2, 0.25) is 0 Å². The molecule has 0 amide bonds. The third-order valence-corrected chi connectivity index (χ3v) is 3.70. The summed E-state index contributed by atoms with van der Waals surface area (Å²) in [5.41, 5.74) is 6.88. The van der Waals surface area contributed by atoms with Crippen LogP contribution in [0.3, 0.4) is 0 Å². The lowest BCUT2D eigenvalue weighted by Crippen LogP contribution is -2.32. The van der Waals surface area contributed by atoms with E-state index in [4.69, 9.17) is 22.4 Å². The highest BCUT2D eigenvalue weighted by atomic mass is 35.5. The molecule has 0 radical (unpaired) electrons. The van der Waals surface area contributed by atoms with Gasteiger partial charge in [-0.25, -0.2) is 0 Å². The fraction of sp³-hybridized carbons (Fsp3) is 0.462. The van der Waals surface area contributed by atoms with Crippen LogP contribution in [0.2, 0.25) is 5.02 Å². The van der Waals surface area contributed by atoms with Crippen LogP contribution in [-0.2, 0) is 4.79 Å². The lowest BCUT2D eigenvalue weighted by atomic mass is 10.1. The van der Waals surface area contributed by atoms with Crippen molar-refractivity contribution < 1.29 is 9.90 Å². The monoisotopic (exact) mass is 268 g/mol. The summed E-state index contributed by atoms with van der Waals surface area (Å²) in [7, 11) is 0. The largest absolute Gasteiger partial charge is 0.481 e. The molecular formula is C13H17ClN2O2. The Morgan fingerprint density at radius 2 is 2.39 bits per heavy atom. The lowest BCUT2D eigenvalue weighted by Gasteiger charge is -2.27. The Labute approximate surface area is 111 Å². The molecule has 1 aliphatic rings. The summed E-state index contributed by atoms with van der Waals surface area (Å²) >= 11 is 5.98. The lowest BCUT2D eigenvalue weighted by molar-refractivity contribution is -0.141. The minimum atomic E-state index is -0.723. The zero-order valence-electron chi connectivity index (χ0n) is 10.1. The Balaban J connectivity index is 2.13. The van der Waals surface area contributed by atoms with Crippen molar-refractivity contribution in [2.75, 3.05) is 19.6 Å². The van der Waals surface area contributed by atoms with Gasteiger partial charge in [0.05, 0.1) is 5.92 Å². The first-order chi connectivity index (χ1) is 8.61. The molecule has 0 bridgehead atoms. The van der Waals surface area contributed by atoms with E-state index in [-0.39, 0.29) is 12.0 Å². The minimum Gasteiger partial charge on any atom is -0.481 e. The molecule has 98 valence electrons. The van der Waals surface area contributed by atoms with Gasteiger partial charge in [0, 0.05) is 24.2 Å². The van der Waals surface area contributed by atoms with Crippen LogP contribution in [0.5, 0.6) is 0 Å². The standard InChI is InChI=1S/C13H17ClN2O2/c14-11-3-1-2-9(6-11)12(7-15)16-5-4-10(8-16)13(17)18/h1-3,6,10,12H,4-5,7-8,15H2,(H,17,18)/t10-,12-/m1/s1. The van der Waals surface area contributed by atoms with Crippen molar-refractivity contribution in [3.8, 4) is 0 Å². The number of likely N-dealkylation sites (tertiary alicyclic amines) is 1. The van der Waals surface area contributed by atoms with Gasteiger partial charge in [-0.15, -0.1) is 0 Å². The van der Waals surface area contributed by atoms with Crippen LogP contribution < -0.4 is 5.73 Å². The number of nitrogens with two attached hydrogens (primary N) is 1. The highest BCUT2D eigenvalue weighted by Gasteiger charge is 2.32. The number of hydrogen-bond donors (Lipinski definition) is 2. The van der Waals surface area contributed by atoms with Crippen LogP contribution >= 0.6 is 11.6 Å². The van der Waals surface area contributed by atoms with Crippen molar-refractivity contribution in [1.82, 2.24) is 4.90 Å². The second-order valence-electron chi connectivity index (χ2n) is 4.63. The van der Waals surface area contributed by atoms with Crippen molar-refractivity contribution >= 4 is 17.6 Å². The molecule has 3 N–H and O–H groups in total. The average molecular weight is 269 g/mol. The number of hydrogen-bond acceptors (Lipinski definition) is 3. The molecule has 0 spiro atoms. The molecule has 0 aromatic heterocycles. The van der Waals surface area contributed by atoms with E-state index in [1.165, 1.54) is 0 Å². The van der Waals surface area contributed by atoms with Gasteiger partial charge in [-0.05, 0) is 30.7 Å². The zero-order valence-corrected chi connectivity index (χ0v) is 10.8. The molecular weight excluding hydrogens is 252 g/mol. The summed E-state index contributed by atoms with van der Waals surface area (Å²) < 4.78 is 0. The maximum atomic E-state index is 11.0. The molecule has 1 saturated heterocycles. The minimum absolute atomic E-state index is 0.0491. The fourth-order valence-corrected chi connectivity index (χ4v) is 2.68. The molecule has 0 saturated carbocycles. The predicted octanol–water partition coefficient (Wildman–Crippen LogP) is 1.75. The second kappa shape index (κ2) is 5.69. The summed E-state index contributed by atoms with van der Waals surface area (Å²) in [5.74, 6) is -1.00. The Morgan fingerprint density at radius 3 is 2.94 bits per heavy atom. The normalized spacial score (nSPS) is 22.0. The number of halogens is 1. The first-order valence-electron chi connectivity index (χ1n) is 6.04. The molecule has 18 heavy (non-hydrogen) atoms. The second-order valence-corrected chi connectivity index (χ2v) is 5.06. The fourth-order valence-electron chi connectivity index (χ4n) is 2.48. The highest BCUT2D eigenvalue weighted by molar-refractivity contribution is 6.30. The van der Waals surface area contributed by atoms with Gasteiger partial charge in [0.1, 0.15) is 0 Å². The summed E-state index contributed by atoms with van der Waals surface area (Å²) in [6.07, 6.45) is 0.687. The van der Waals surface area contributed by atoms with E-state index in [1.807, 2.05) is 24.3 Å². The molecule has 1 fully saturated rings.